The van der Waals surface area contributed by atoms with E-state index < -0.39 is 7.92 Å². The standard InChI is InChI=1S/C36H51O6P/c1-7-18-37-28-24-31(39-20-9-3)35(32(25-28)40-21-10-4)43(30-16-14-13-15-17-30)36-33(41-22-11-5)26-29(38-19-8-2)27-34(36)42-23-12-6/h13-17,24-27H,7-12,18-23H2,1-6H3. The van der Waals surface area contributed by atoms with Gasteiger partial charge in [0.2, 0.25) is 0 Å². The van der Waals surface area contributed by atoms with Gasteiger partial charge in [-0.2, -0.15) is 0 Å². The van der Waals surface area contributed by atoms with Crippen molar-refractivity contribution in [2.75, 3.05) is 39.6 Å². The molecule has 0 aromatic heterocycles. The van der Waals surface area contributed by atoms with Crippen LogP contribution in [0.2, 0.25) is 0 Å². The third-order valence-corrected chi connectivity index (χ3v) is 8.87. The zero-order chi connectivity index (χ0) is 30.9. The Labute approximate surface area is 260 Å². The normalized spacial score (nSPS) is 11.0. The lowest BCUT2D eigenvalue weighted by Gasteiger charge is -2.29. The highest BCUT2D eigenvalue weighted by atomic mass is 31.1. The summed E-state index contributed by atoms with van der Waals surface area (Å²) in [6.07, 6.45) is 5.36. The highest BCUT2D eigenvalue weighted by Gasteiger charge is 2.32. The van der Waals surface area contributed by atoms with E-state index in [4.69, 9.17) is 28.4 Å². The summed E-state index contributed by atoms with van der Waals surface area (Å²) in [4.78, 5) is 0. The first-order valence-electron chi connectivity index (χ1n) is 16.1. The number of hydrogen-bond donors (Lipinski definition) is 0. The SMILES string of the molecule is CCCOc1cc(OCCC)c(P(c2ccccc2)c2c(OCCC)cc(OCCC)cc2OCCC)c(OCCC)c1. The fourth-order valence-corrected chi connectivity index (χ4v) is 7.01. The second-order valence-electron chi connectivity index (χ2n) is 10.3. The summed E-state index contributed by atoms with van der Waals surface area (Å²) in [5.41, 5.74) is 0. The summed E-state index contributed by atoms with van der Waals surface area (Å²) in [6.45, 7) is 16.3. The summed E-state index contributed by atoms with van der Waals surface area (Å²) >= 11 is 0. The first-order chi connectivity index (χ1) is 21.1. The molecule has 0 radical (unpaired) electrons. The van der Waals surface area contributed by atoms with Gasteiger partial charge in [-0.15, -0.1) is 0 Å². The molecule has 0 bridgehead atoms. The molecule has 0 aliphatic rings. The fraction of sp³-hybridized carbons (Fsp3) is 0.500. The van der Waals surface area contributed by atoms with E-state index in [1.165, 1.54) is 0 Å². The zero-order valence-electron chi connectivity index (χ0n) is 27.1. The van der Waals surface area contributed by atoms with Crippen molar-refractivity contribution < 1.29 is 28.4 Å². The molecule has 3 aromatic rings. The number of ether oxygens (including phenoxy) is 6. The molecule has 3 rings (SSSR count). The van der Waals surface area contributed by atoms with Gasteiger partial charge in [0, 0.05) is 32.2 Å². The number of hydrogen-bond acceptors (Lipinski definition) is 6. The van der Waals surface area contributed by atoms with Crippen LogP contribution in [0.3, 0.4) is 0 Å². The maximum Gasteiger partial charge on any atom is 0.135 e. The van der Waals surface area contributed by atoms with Gasteiger partial charge < -0.3 is 28.4 Å². The highest BCUT2D eigenvalue weighted by molar-refractivity contribution is 7.80. The van der Waals surface area contributed by atoms with E-state index in [1.807, 2.05) is 30.3 Å². The van der Waals surface area contributed by atoms with Crippen LogP contribution < -0.4 is 44.3 Å². The predicted molar refractivity (Wildman–Crippen MR) is 180 cm³/mol. The van der Waals surface area contributed by atoms with E-state index >= 15 is 0 Å². The van der Waals surface area contributed by atoms with Crippen LogP contribution >= 0.6 is 7.92 Å². The minimum atomic E-state index is -1.26. The molecule has 0 amide bonds. The molecule has 0 atom stereocenters. The molecule has 0 N–H and O–H groups in total. The largest absolute Gasteiger partial charge is 0.493 e. The molecule has 0 aliphatic carbocycles. The van der Waals surface area contributed by atoms with E-state index in [-0.39, 0.29) is 0 Å². The average Bonchev–Trinajstić information content (AvgIpc) is 3.04. The van der Waals surface area contributed by atoms with E-state index in [0.29, 0.717) is 39.6 Å². The van der Waals surface area contributed by atoms with Crippen LogP contribution in [0, 0.1) is 0 Å². The summed E-state index contributed by atoms with van der Waals surface area (Å²) < 4.78 is 38.3. The van der Waals surface area contributed by atoms with Crippen LogP contribution in [-0.2, 0) is 0 Å². The molecule has 0 saturated heterocycles. The molecule has 0 aliphatic heterocycles. The van der Waals surface area contributed by atoms with Gasteiger partial charge in [-0.3, -0.25) is 0 Å². The van der Waals surface area contributed by atoms with Crippen LogP contribution in [0.5, 0.6) is 34.5 Å². The number of benzene rings is 3. The molecule has 0 fully saturated rings. The Balaban J connectivity index is 2.41. The van der Waals surface area contributed by atoms with Crippen LogP contribution in [0.25, 0.3) is 0 Å². The van der Waals surface area contributed by atoms with Gasteiger partial charge >= 0.3 is 0 Å². The minimum absolute atomic E-state index is 0.581. The van der Waals surface area contributed by atoms with Gasteiger partial charge in [0.25, 0.3) is 0 Å². The van der Waals surface area contributed by atoms with Crippen LogP contribution in [0.1, 0.15) is 80.1 Å². The van der Waals surface area contributed by atoms with E-state index in [9.17, 15) is 0 Å². The van der Waals surface area contributed by atoms with Crippen molar-refractivity contribution in [1.29, 1.82) is 0 Å². The molecule has 6 nitrogen and oxygen atoms in total. The van der Waals surface area contributed by atoms with Crippen molar-refractivity contribution in [3.05, 3.63) is 54.6 Å². The third kappa shape index (κ3) is 9.96. The average molecular weight is 611 g/mol. The highest BCUT2D eigenvalue weighted by Crippen LogP contribution is 2.48. The molecule has 0 heterocycles. The molecule has 0 spiro atoms. The monoisotopic (exact) mass is 610 g/mol. The molecule has 0 unspecified atom stereocenters. The minimum Gasteiger partial charge on any atom is -0.493 e. The zero-order valence-corrected chi connectivity index (χ0v) is 28.0. The van der Waals surface area contributed by atoms with Gasteiger partial charge in [0.1, 0.15) is 34.5 Å². The van der Waals surface area contributed by atoms with Crippen LogP contribution in [0.4, 0.5) is 0 Å². The molecular formula is C36H51O6P. The first-order valence-corrected chi connectivity index (χ1v) is 17.4. The quantitative estimate of drug-likeness (QED) is 0.113. The topological polar surface area (TPSA) is 55.4 Å². The Morgan fingerprint density at radius 1 is 0.419 bits per heavy atom. The van der Waals surface area contributed by atoms with E-state index in [2.05, 4.69) is 65.8 Å². The predicted octanol–water partition coefficient (Wildman–Crippen LogP) is 8.18. The second-order valence-corrected chi connectivity index (χ2v) is 12.4. The molecule has 7 heteroatoms. The van der Waals surface area contributed by atoms with Gasteiger partial charge in [0.15, 0.2) is 0 Å². The Hall–Kier alpha value is -3.11. The number of rotatable bonds is 21. The molecule has 3 aromatic carbocycles. The van der Waals surface area contributed by atoms with Gasteiger partial charge in [-0.05, 0) is 43.8 Å². The van der Waals surface area contributed by atoms with Gasteiger partial charge in [-0.1, -0.05) is 71.9 Å². The van der Waals surface area contributed by atoms with Crippen molar-refractivity contribution in [1.82, 2.24) is 0 Å². The van der Waals surface area contributed by atoms with Crippen molar-refractivity contribution in [2.24, 2.45) is 0 Å². The lowest BCUT2D eigenvalue weighted by molar-refractivity contribution is 0.289. The third-order valence-electron chi connectivity index (χ3n) is 6.28. The van der Waals surface area contributed by atoms with Crippen molar-refractivity contribution in [3.63, 3.8) is 0 Å². The first kappa shape index (κ1) is 34.4. The van der Waals surface area contributed by atoms with E-state index in [0.717, 1.165) is 88.9 Å². The Morgan fingerprint density at radius 2 is 0.721 bits per heavy atom. The van der Waals surface area contributed by atoms with Gasteiger partial charge in [-0.25, -0.2) is 0 Å². The summed E-state index contributed by atoms with van der Waals surface area (Å²) in [6, 6.07) is 18.7. The van der Waals surface area contributed by atoms with Crippen LogP contribution in [-0.4, -0.2) is 39.6 Å². The van der Waals surface area contributed by atoms with Crippen LogP contribution in [0.15, 0.2) is 54.6 Å². The summed E-state index contributed by atoms with van der Waals surface area (Å²) in [5, 5.41) is 3.14. The maximum absolute atomic E-state index is 6.52. The summed E-state index contributed by atoms with van der Waals surface area (Å²) in [7, 11) is -1.26. The summed E-state index contributed by atoms with van der Waals surface area (Å²) in [5.74, 6) is 4.57. The van der Waals surface area contributed by atoms with Crippen molar-refractivity contribution in [3.8, 4) is 34.5 Å². The maximum atomic E-state index is 6.52. The smallest absolute Gasteiger partial charge is 0.135 e. The van der Waals surface area contributed by atoms with E-state index in [1.54, 1.807) is 0 Å². The van der Waals surface area contributed by atoms with Crippen molar-refractivity contribution in [2.45, 2.75) is 80.1 Å². The Morgan fingerprint density at radius 3 is 1.02 bits per heavy atom. The fourth-order valence-electron chi connectivity index (χ4n) is 4.40. The molecule has 0 saturated carbocycles. The molecule has 236 valence electrons. The Kier molecular flexibility index (Phi) is 15.4. The molecular weight excluding hydrogens is 559 g/mol. The van der Waals surface area contributed by atoms with Crippen molar-refractivity contribution >= 4 is 23.8 Å². The molecule has 43 heavy (non-hydrogen) atoms. The van der Waals surface area contributed by atoms with Gasteiger partial charge in [0.05, 0.1) is 50.3 Å². The Bertz CT molecular complexity index is 1080. The second kappa shape index (κ2) is 19.2. The lowest BCUT2D eigenvalue weighted by atomic mass is 10.3. The lowest BCUT2D eigenvalue weighted by Crippen LogP contribution is -2.27.